The molecule has 13 heavy (non-hydrogen) atoms. The Labute approximate surface area is 81.6 Å². The van der Waals surface area contributed by atoms with Crippen molar-refractivity contribution in [2.75, 3.05) is 0 Å². The third-order valence-electron chi connectivity index (χ3n) is 1.22. The Morgan fingerprint density at radius 1 is 1.38 bits per heavy atom. The molecule has 4 N–H and O–H groups in total. The van der Waals surface area contributed by atoms with Gasteiger partial charge in [0.15, 0.2) is 0 Å². The largest absolute Gasteiger partial charge is 0.480 e. The molecule has 1 unspecified atom stereocenters. The van der Waals surface area contributed by atoms with Crippen molar-refractivity contribution in [3.63, 3.8) is 0 Å². The zero-order valence-corrected chi connectivity index (χ0v) is 7.66. The number of carboxylic acid groups (broad SMARTS) is 2. The molecular weight excluding hydrogens is 198 g/mol. The van der Waals surface area contributed by atoms with Crippen LogP contribution in [-0.2, 0) is 9.59 Å². The lowest BCUT2D eigenvalue weighted by molar-refractivity contribution is -0.138. The number of rotatable bonds is 5. The van der Waals surface area contributed by atoms with Gasteiger partial charge in [-0.05, 0) is 12.8 Å². The van der Waals surface area contributed by atoms with Crippen molar-refractivity contribution in [1.29, 1.82) is 0 Å². The first-order valence-electron chi connectivity index (χ1n) is 3.42. The van der Waals surface area contributed by atoms with Crippen molar-refractivity contribution >= 4 is 24.3 Å². The zero-order valence-electron chi connectivity index (χ0n) is 6.84. The highest BCUT2D eigenvalue weighted by Crippen LogP contribution is 1.95. The van der Waals surface area contributed by atoms with E-state index in [0.717, 1.165) is 6.08 Å². The normalized spacial score (nSPS) is 12.1. The molecule has 0 bridgehead atoms. The van der Waals surface area contributed by atoms with E-state index in [4.69, 9.17) is 15.9 Å². The Balaban J connectivity index is 0. The van der Waals surface area contributed by atoms with E-state index in [-0.39, 0.29) is 18.8 Å². The summed E-state index contributed by atoms with van der Waals surface area (Å²) in [6, 6.07) is -0.913. The van der Waals surface area contributed by atoms with E-state index >= 15 is 0 Å². The van der Waals surface area contributed by atoms with E-state index in [0.29, 0.717) is 6.42 Å². The van der Waals surface area contributed by atoms with Gasteiger partial charge in [-0.3, -0.25) is 4.79 Å². The molecule has 0 radical (unpaired) electrons. The molecule has 0 spiro atoms. The molecule has 6 heteroatoms. The zero-order chi connectivity index (χ0) is 9.56. The highest BCUT2D eigenvalue weighted by atomic mass is 35.5. The minimum Gasteiger partial charge on any atom is -0.480 e. The highest BCUT2D eigenvalue weighted by molar-refractivity contribution is 5.85. The maximum absolute atomic E-state index is 10.2. The van der Waals surface area contributed by atoms with Gasteiger partial charge in [-0.25, -0.2) is 4.79 Å². The van der Waals surface area contributed by atoms with Crippen LogP contribution in [0.4, 0.5) is 0 Å². The van der Waals surface area contributed by atoms with Crippen LogP contribution in [0.2, 0.25) is 0 Å². The van der Waals surface area contributed by atoms with Crippen LogP contribution in [0, 0.1) is 0 Å². The summed E-state index contributed by atoms with van der Waals surface area (Å²) in [6.07, 6.45) is 2.96. The molecule has 0 aliphatic heterocycles. The number of aliphatic carboxylic acids is 2. The Hall–Kier alpha value is -1.07. The van der Waals surface area contributed by atoms with Crippen LogP contribution in [0.1, 0.15) is 12.8 Å². The van der Waals surface area contributed by atoms with Crippen LogP contribution < -0.4 is 5.73 Å². The van der Waals surface area contributed by atoms with E-state index < -0.39 is 18.0 Å². The fourth-order valence-electron chi connectivity index (χ4n) is 0.583. The molecule has 0 aromatic carbocycles. The Morgan fingerprint density at radius 3 is 2.31 bits per heavy atom. The molecule has 1 atom stereocenters. The van der Waals surface area contributed by atoms with Crippen LogP contribution in [0.15, 0.2) is 12.2 Å². The van der Waals surface area contributed by atoms with Gasteiger partial charge in [-0.15, -0.1) is 12.4 Å². The van der Waals surface area contributed by atoms with Crippen molar-refractivity contribution < 1.29 is 19.8 Å². The number of carboxylic acids is 2. The third kappa shape index (κ3) is 8.84. The van der Waals surface area contributed by atoms with Gasteiger partial charge in [-0.1, -0.05) is 6.08 Å². The van der Waals surface area contributed by atoms with Gasteiger partial charge >= 0.3 is 11.9 Å². The molecule has 0 aromatic rings. The van der Waals surface area contributed by atoms with Crippen LogP contribution in [-0.4, -0.2) is 28.2 Å². The van der Waals surface area contributed by atoms with Crippen molar-refractivity contribution in [1.82, 2.24) is 0 Å². The van der Waals surface area contributed by atoms with Gasteiger partial charge in [0, 0.05) is 6.08 Å². The second-order valence-corrected chi connectivity index (χ2v) is 2.26. The molecule has 0 aromatic heterocycles. The summed E-state index contributed by atoms with van der Waals surface area (Å²) in [5, 5.41) is 16.5. The van der Waals surface area contributed by atoms with E-state index in [2.05, 4.69) is 0 Å². The summed E-state index contributed by atoms with van der Waals surface area (Å²) in [7, 11) is 0. The highest BCUT2D eigenvalue weighted by Gasteiger charge is 2.08. The lowest BCUT2D eigenvalue weighted by atomic mass is 10.1. The predicted molar refractivity (Wildman–Crippen MR) is 48.9 cm³/mol. The first kappa shape index (κ1) is 14.5. The van der Waals surface area contributed by atoms with Gasteiger partial charge in [0.1, 0.15) is 6.04 Å². The SMILES string of the molecule is Cl.NC(CC/C=C/C(=O)O)C(=O)O. The van der Waals surface area contributed by atoms with Crippen molar-refractivity contribution in [2.24, 2.45) is 5.73 Å². The maximum atomic E-state index is 10.2. The van der Waals surface area contributed by atoms with Gasteiger partial charge < -0.3 is 15.9 Å². The lowest BCUT2D eigenvalue weighted by Gasteiger charge is -2.01. The van der Waals surface area contributed by atoms with Crippen molar-refractivity contribution in [3.05, 3.63) is 12.2 Å². The molecule has 0 aliphatic rings. The summed E-state index contributed by atoms with van der Waals surface area (Å²) in [6.45, 7) is 0. The molecule has 5 nitrogen and oxygen atoms in total. The average molecular weight is 210 g/mol. The van der Waals surface area contributed by atoms with Crippen LogP contribution in [0.3, 0.4) is 0 Å². The minimum atomic E-state index is -1.07. The summed E-state index contributed by atoms with van der Waals surface area (Å²) in [5.41, 5.74) is 5.15. The third-order valence-corrected chi connectivity index (χ3v) is 1.22. The Morgan fingerprint density at radius 2 is 1.92 bits per heavy atom. The molecule has 0 saturated carbocycles. The van der Waals surface area contributed by atoms with Gasteiger partial charge in [-0.2, -0.15) is 0 Å². The van der Waals surface area contributed by atoms with E-state index in [9.17, 15) is 9.59 Å². The maximum Gasteiger partial charge on any atom is 0.327 e. The molecule has 0 aliphatic carbocycles. The molecule has 0 fully saturated rings. The first-order valence-corrected chi connectivity index (χ1v) is 3.42. The topological polar surface area (TPSA) is 101 Å². The second-order valence-electron chi connectivity index (χ2n) is 2.26. The standard InChI is InChI=1S/C7H11NO4.ClH/c8-5(7(11)12)3-1-2-4-6(9)10;/h2,4-5H,1,3,8H2,(H,9,10)(H,11,12);1H/b4-2+;. The first-order chi connectivity index (χ1) is 5.54. The number of allylic oxidation sites excluding steroid dienone is 1. The molecule has 0 rings (SSSR count). The Bertz CT molecular complexity index is 205. The molecule has 76 valence electrons. The molecule has 0 saturated heterocycles. The number of hydrogen-bond donors (Lipinski definition) is 3. The van der Waals surface area contributed by atoms with Crippen LogP contribution in [0.5, 0.6) is 0 Å². The van der Waals surface area contributed by atoms with Gasteiger partial charge in [0.2, 0.25) is 0 Å². The number of halogens is 1. The number of carbonyl (C=O) groups is 2. The van der Waals surface area contributed by atoms with Crippen molar-refractivity contribution in [2.45, 2.75) is 18.9 Å². The summed E-state index contributed by atoms with van der Waals surface area (Å²) < 4.78 is 0. The summed E-state index contributed by atoms with van der Waals surface area (Å²) in [5.74, 6) is -2.11. The van der Waals surface area contributed by atoms with E-state index in [1.165, 1.54) is 6.08 Å². The monoisotopic (exact) mass is 209 g/mol. The smallest absolute Gasteiger partial charge is 0.327 e. The number of hydrogen-bond acceptors (Lipinski definition) is 3. The molecule has 0 heterocycles. The van der Waals surface area contributed by atoms with Crippen LogP contribution in [0.25, 0.3) is 0 Å². The second kappa shape index (κ2) is 7.57. The van der Waals surface area contributed by atoms with Gasteiger partial charge in [0.25, 0.3) is 0 Å². The average Bonchev–Trinajstić information content (AvgIpc) is 1.97. The summed E-state index contributed by atoms with van der Waals surface area (Å²) in [4.78, 5) is 20.1. The lowest BCUT2D eigenvalue weighted by Crippen LogP contribution is -2.29. The summed E-state index contributed by atoms with van der Waals surface area (Å²) >= 11 is 0. The van der Waals surface area contributed by atoms with Crippen LogP contribution >= 0.6 is 12.4 Å². The fraction of sp³-hybridized carbons (Fsp3) is 0.429. The Kier molecular flexibility index (Phi) is 8.42. The van der Waals surface area contributed by atoms with Gasteiger partial charge in [0.05, 0.1) is 0 Å². The predicted octanol–water partition coefficient (Wildman–Crippen LogP) is 0.241. The quantitative estimate of drug-likeness (QED) is 0.563. The minimum absolute atomic E-state index is 0. The molecule has 0 amide bonds. The number of nitrogens with two attached hydrogens (primary N) is 1. The van der Waals surface area contributed by atoms with Crippen molar-refractivity contribution in [3.8, 4) is 0 Å². The van der Waals surface area contributed by atoms with E-state index in [1.54, 1.807) is 0 Å². The fourth-order valence-corrected chi connectivity index (χ4v) is 0.583. The molecular formula is C7H12ClNO4. The van der Waals surface area contributed by atoms with E-state index in [1.807, 2.05) is 0 Å².